The molecule has 0 bridgehead atoms. The molecule has 0 saturated heterocycles. The third-order valence-corrected chi connectivity index (χ3v) is 2.90. The van der Waals surface area contributed by atoms with Crippen LogP contribution in [0.4, 0.5) is 13.2 Å². The molecule has 0 saturated carbocycles. The minimum atomic E-state index is -4.56. The molecule has 0 fully saturated rings. The maximum absolute atomic E-state index is 12.5. The van der Waals surface area contributed by atoms with Crippen molar-refractivity contribution in [1.82, 2.24) is 9.78 Å². The maximum atomic E-state index is 12.5. The average molecular weight is 316 g/mol. The van der Waals surface area contributed by atoms with Gasteiger partial charge in [0, 0.05) is 11.1 Å². The number of aromatic nitrogens is 2. The van der Waals surface area contributed by atoms with Crippen LogP contribution in [0.3, 0.4) is 0 Å². The zero-order valence-corrected chi connectivity index (χ0v) is 10.7. The number of benzene rings is 1. The fraction of sp³-hybridized carbons (Fsp3) is 0.100. The van der Waals surface area contributed by atoms with Crippen LogP contribution in [-0.2, 0) is 6.18 Å². The topological polar surface area (TPSA) is 17.8 Å². The van der Waals surface area contributed by atoms with Crippen molar-refractivity contribution in [3.63, 3.8) is 0 Å². The zero-order chi connectivity index (χ0) is 13.5. The highest BCUT2D eigenvalue weighted by Gasteiger charge is 2.35. The summed E-state index contributed by atoms with van der Waals surface area (Å²) in [5.41, 5.74) is -0.861. The van der Waals surface area contributed by atoms with Crippen LogP contribution in [0.1, 0.15) is 5.69 Å². The van der Waals surface area contributed by atoms with Gasteiger partial charge in [0.25, 0.3) is 0 Å². The van der Waals surface area contributed by atoms with Crippen molar-refractivity contribution in [3.05, 3.63) is 45.2 Å². The van der Waals surface area contributed by atoms with Gasteiger partial charge in [0.05, 0.1) is 10.7 Å². The van der Waals surface area contributed by atoms with E-state index >= 15 is 0 Å². The lowest BCUT2D eigenvalue weighted by atomic mass is 10.3. The lowest BCUT2D eigenvalue weighted by Crippen LogP contribution is -2.07. The van der Waals surface area contributed by atoms with Gasteiger partial charge in [0.2, 0.25) is 0 Å². The number of nitrogens with zero attached hydrogens (tertiary/aromatic N) is 2. The van der Waals surface area contributed by atoms with Gasteiger partial charge < -0.3 is 0 Å². The summed E-state index contributed by atoms with van der Waals surface area (Å²) in [7, 11) is 0. The van der Waals surface area contributed by atoms with Gasteiger partial charge in [0.1, 0.15) is 5.15 Å². The predicted molar refractivity (Wildman–Crippen MR) is 63.6 cm³/mol. The summed E-state index contributed by atoms with van der Waals surface area (Å²) < 4.78 is 38.3. The highest BCUT2D eigenvalue weighted by atomic mass is 35.5. The molecule has 2 rings (SSSR count). The number of rotatable bonds is 1. The van der Waals surface area contributed by atoms with Gasteiger partial charge >= 0.3 is 6.18 Å². The summed E-state index contributed by atoms with van der Waals surface area (Å²) in [5, 5.41) is 3.70. The van der Waals surface area contributed by atoms with E-state index in [0.717, 1.165) is 10.7 Å². The van der Waals surface area contributed by atoms with E-state index in [1.165, 1.54) is 18.2 Å². The summed E-state index contributed by atoms with van der Waals surface area (Å²) in [6.45, 7) is 0. The second-order valence-electron chi connectivity index (χ2n) is 3.36. The number of halogens is 6. The van der Waals surface area contributed by atoms with Crippen LogP contribution in [0, 0.1) is 0 Å². The lowest BCUT2D eigenvalue weighted by Gasteiger charge is -2.06. The molecule has 0 amide bonds. The van der Waals surface area contributed by atoms with Crippen LogP contribution in [0.15, 0.2) is 24.3 Å². The van der Waals surface area contributed by atoms with Gasteiger partial charge in [-0.2, -0.15) is 18.3 Å². The first-order valence-corrected chi connectivity index (χ1v) is 5.70. The lowest BCUT2D eigenvalue weighted by molar-refractivity contribution is -0.141. The van der Waals surface area contributed by atoms with Crippen molar-refractivity contribution >= 4 is 34.8 Å². The normalized spacial score (nSPS) is 11.9. The molecule has 0 atom stereocenters. The van der Waals surface area contributed by atoms with Crippen molar-refractivity contribution in [2.75, 3.05) is 0 Å². The van der Waals surface area contributed by atoms with Crippen LogP contribution < -0.4 is 0 Å². The van der Waals surface area contributed by atoms with E-state index in [1.807, 2.05) is 0 Å². The van der Waals surface area contributed by atoms with Gasteiger partial charge in [-0.15, -0.1) is 0 Å². The molecule has 0 radical (unpaired) electrons. The van der Waals surface area contributed by atoms with Gasteiger partial charge in [-0.25, -0.2) is 4.68 Å². The van der Waals surface area contributed by atoms with Crippen molar-refractivity contribution < 1.29 is 13.2 Å². The Balaban J connectivity index is 2.55. The second kappa shape index (κ2) is 4.64. The smallest absolute Gasteiger partial charge is 0.220 e. The minimum Gasteiger partial charge on any atom is -0.220 e. The summed E-state index contributed by atoms with van der Waals surface area (Å²) >= 11 is 17.3. The number of hydrogen-bond acceptors (Lipinski definition) is 1. The Labute approximate surface area is 115 Å². The van der Waals surface area contributed by atoms with Crippen molar-refractivity contribution in [3.8, 4) is 5.69 Å². The highest BCUT2D eigenvalue weighted by molar-refractivity contribution is 6.36. The Hall–Kier alpha value is -0.910. The summed E-state index contributed by atoms with van der Waals surface area (Å²) in [6.07, 6.45) is -4.56. The standard InChI is InChI=1S/C10H4Cl3F3N2/c11-5-1-2-7(6(12)3-5)18-9(13)4-8(17-18)10(14,15)16/h1-4H. The first-order chi connectivity index (χ1) is 8.29. The Kier molecular flexibility index (Phi) is 3.49. The minimum absolute atomic E-state index is 0.154. The second-order valence-corrected chi connectivity index (χ2v) is 4.59. The third-order valence-electron chi connectivity index (χ3n) is 2.09. The van der Waals surface area contributed by atoms with E-state index in [1.54, 1.807) is 0 Å². The van der Waals surface area contributed by atoms with Gasteiger partial charge in [-0.3, -0.25) is 0 Å². The average Bonchev–Trinajstić information content (AvgIpc) is 2.60. The molecule has 0 N–H and O–H groups in total. The quantitative estimate of drug-likeness (QED) is 0.735. The van der Waals surface area contributed by atoms with Crippen LogP contribution >= 0.6 is 34.8 Å². The first kappa shape index (κ1) is 13.5. The molecular weight excluding hydrogens is 311 g/mol. The molecule has 2 aromatic rings. The van der Waals surface area contributed by atoms with E-state index in [2.05, 4.69) is 5.10 Å². The Morgan fingerprint density at radius 3 is 2.22 bits per heavy atom. The Morgan fingerprint density at radius 1 is 1.06 bits per heavy atom. The van der Waals surface area contributed by atoms with E-state index in [-0.39, 0.29) is 15.9 Å². The molecule has 0 aliphatic carbocycles. The summed E-state index contributed by atoms with van der Waals surface area (Å²) in [4.78, 5) is 0. The number of alkyl halides is 3. The summed E-state index contributed by atoms with van der Waals surface area (Å²) in [6, 6.07) is 5.04. The van der Waals surface area contributed by atoms with Crippen molar-refractivity contribution in [2.45, 2.75) is 6.18 Å². The fourth-order valence-corrected chi connectivity index (χ4v) is 2.04. The zero-order valence-electron chi connectivity index (χ0n) is 8.47. The molecule has 96 valence electrons. The van der Waals surface area contributed by atoms with E-state index in [4.69, 9.17) is 34.8 Å². The molecule has 18 heavy (non-hydrogen) atoms. The van der Waals surface area contributed by atoms with Crippen LogP contribution in [0.2, 0.25) is 15.2 Å². The molecule has 2 nitrogen and oxygen atoms in total. The van der Waals surface area contributed by atoms with Crippen LogP contribution in [0.5, 0.6) is 0 Å². The van der Waals surface area contributed by atoms with Crippen molar-refractivity contribution in [1.29, 1.82) is 0 Å². The van der Waals surface area contributed by atoms with E-state index in [9.17, 15) is 13.2 Å². The molecule has 0 unspecified atom stereocenters. The molecule has 8 heteroatoms. The Morgan fingerprint density at radius 2 is 1.72 bits per heavy atom. The molecule has 0 aliphatic rings. The SMILES string of the molecule is FC(F)(F)c1cc(Cl)n(-c2ccc(Cl)cc2Cl)n1. The van der Waals surface area contributed by atoms with E-state index < -0.39 is 11.9 Å². The maximum Gasteiger partial charge on any atom is 0.435 e. The van der Waals surface area contributed by atoms with Crippen LogP contribution in [0.25, 0.3) is 5.69 Å². The number of hydrogen-bond donors (Lipinski definition) is 0. The Bertz CT molecular complexity index is 593. The fourth-order valence-electron chi connectivity index (χ4n) is 1.32. The van der Waals surface area contributed by atoms with Crippen LogP contribution in [-0.4, -0.2) is 9.78 Å². The monoisotopic (exact) mass is 314 g/mol. The van der Waals surface area contributed by atoms with Gasteiger partial charge in [-0.05, 0) is 18.2 Å². The van der Waals surface area contributed by atoms with Gasteiger partial charge in [-0.1, -0.05) is 34.8 Å². The molecule has 1 aromatic heterocycles. The molecule has 0 aliphatic heterocycles. The van der Waals surface area contributed by atoms with Gasteiger partial charge in [0.15, 0.2) is 5.69 Å². The largest absolute Gasteiger partial charge is 0.435 e. The predicted octanol–water partition coefficient (Wildman–Crippen LogP) is 4.85. The molecule has 1 aromatic carbocycles. The highest BCUT2D eigenvalue weighted by Crippen LogP contribution is 2.33. The summed E-state index contributed by atoms with van der Waals surface area (Å²) in [5.74, 6) is 0. The molecular formula is C10H4Cl3F3N2. The molecule has 0 spiro atoms. The van der Waals surface area contributed by atoms with E-state index in [0.29, 0.717) is 5.02 Å². The first-order valence-electron chi connectivity index (χ1n) is 4.57. The third kappa shape index (κ3) is 2.58. The molecule has 1 heterocycles. The van der Waals surface area contributed by atoms with Crippen molar-refractivity contribution in [2.24, 2.45) is 0 Å².